The van der Waals surface area contributed by atoms with Crippen LogP contribution < -0.4 is 10.1 Å². The van der Waals surface area contributed by atoms with Crippen LogP contribution >= 0.6 is 11.8 Å². The van der Waals surface area contributed by atoms with Gasteiger partial charge in [0.25, 0.3) is 0 Å². The van der Waals surface area contributed by atoms with Gasteiger partial charge in [0.05, 0.1) is 7.11 Å². The Morgan fingerprint density at radius 3 is 2.59 bits per heavy atom. The molecule has 0 radical (unpaired) electrons. The standard InChI is InChI=1S/C18H19NO2S/c1-21-17-6-4-3-5-15(17)13-19-18(20)12-9-14-7-10-16(22-2)11-8-14/h3-12H,13H2,1-2H3,(H,19,20). The molecule has 22 heavy (non-hydrogen) atoms. The van der Waals surface area contributed by atoms with Crippen LogP contribution in [0.1, 0.15) is 11.1 Å². The minimum absolute atomic E-state index is 0.125. The molecule has 114 valence electrons. The molecular weight excluding hydrogens is 294 g/mol. The Labute approximate surface area is 135 Å². The van der Waals surface area contributed by atoms with E-state index in [4.69, 9.17) is 4.74 Å². The Morgan fingerprint density at radius 2 is 1.91 bits per heavy atom. The van der Waals surface area contributed by atoms with Crippen LogP contribution in [-0.2, 0) is 11.3 Å². The lowest BCUT2D eigenvalue weighted by atomic mass is 10.2. The zero-order chi connectivity index (χ0) is 15.8. The van der Waals surface area contributed by atoms with Crippen LogP contribution in [0.2, 0.25) is 0 Å². The van der Waals surface area contributed by atoms with Gasteiger partial charge in [-0.05, 0) is 36.1 Å². The molecule has 4 heteroatoms. The van der Waals surface area contributed by atoms with Gasteiger partial charge in [-0.2, -0.15) is 0 Å². The van der Waals surface area contributed by atoms with Gasteiger partial charge in [0, 0.05) is 23.1 Å². The lowest BCUT2D eigenvalue weighted by Crippen LogP contribution is -2.20. The summed E-state index contributed by atoms with van der Waals surface area (Å²) in [5.41, 5.74) is 1.96. The number of para-hydroxylation sites is 1. The second-order valence-electron chi connectivity index (χ2n) is 4.64. The van der Waals surface area contributed by atoms with Crippen molar-refractivity contribution in [1.82, 2.24) is 5.32 Å². The van der Waals surface area contributed by atoms with Gasteiger partial charge in [-0.3, -0.25) is 4.79 Å². The van der Waals surface area contributed by atoms with E-state index in [0.29, 0.717) is 6.54 Å². The van der Waals surface area contributed by atoms with Crippen molar-refractivity contribution >= 4 is 23.7 Å². The number of amides is 1. The predicted octanol–water partition coefficient (Wildman–Crippen LogP) is 3.75. The highest BCUT2D eigenvalue weighted by atomic mass is 32.2. The lowest BCUT2D eigenvalue weighted by Gasteiger charge is -2.08. The van der Waals surface area contributed by atoms with E-state index in [2.05, 4.69) is 5.32 Å². The third-order valence-corrected chi connectivity index (χ3v) is 3.93. The molecule has 1 amide bonds. The van der Waals surface area contributed by atoms with Crippen LogP contribution in [0.4, 0.5) is 0 Å². The van der Waals surface area contributed by atoms with Crippen molar-refractivity contribution in [2.75, 3.05) is 13.4 Å². The van der Waals surface area contributed by atoms with E-state index >= 15 is 0 Å². The monoisotopic (exact) mass is 313 g/mol. The summed E-state index contributed by atoms with van der Waals surface area (Å²) >= 11 is 1.70. The number of benzene rings is 2. The SMILES string of the molecule is COc1ccccc1CNC(=O)C=Cc1ccc(SC)cc1. The molecule has 0 fully saturated rings. The van der Waals surface area contributed by atoms with Crippen LogP contribution in [0.3, 0.4) is 0 Å². The smallest absolute Gasteiger partial charge is 0.244 e. The molecule has 0 unspecified atom stereocenters. The van der Waals surface area contributed by atoms with Gasteiger partial charge in [0.1, 0.15) is 5.75 Å². The fourth-order valence-corrected chi connectivity index (χ4v) is 2.39. The van der Waals surface area contributed by atoms with Crippen LogP contribution in [0.5, 0.6) is 5.75 Å². The van der Waals surface area contributed by atoms with Crippen molar-refractivity contribution in [1.29, 1.82) is 0 Å². The van der Waals surface area contributed by atoms with Crippen LogP contribution in [0.25, 0.3) is 6.08 Å². The fraction of sp³-hybridized carbons (Fsp3) is 0.167. The van der Waals surface area contributed by atoms with Gasteiger partial charge in [-0.25, -0.2) is 0 Å². The number of carbonyl (C=O) groups is 1. The normalized spacial score (nSPS) is 10.6. The number of hydrogen-bond donors (Lipinski definition) is 1. The van der Waals surface area contributed by atoms with E-state index in [0.717, 1.165) is 16.9 Å². The Morgan fingerprint density at radius 1 is 1.18 bits per heavy atom. The Kier molecular flexibility index (Phi) is 6.10. The molecule has 0 heterocycles. The summed E-state index contributed by atoms with van der Waals surface area (Å²) < 4.78 is 5.26. The van der Waals surface area contributed by atoms with Crippen molar-refractivity contribution in [3.63, 3.8) is 0 Å². The Bertz CT molecular complexity index is 650. The molecule has 2 aromatic rings. The topological polar surface area (TPSA) is 38.3 Å². The molecule has 0 bridgehead atoms. The molecule has 0 aromatic heterocycles. The predicted molar refractivity (Wildman–Crippen MR) is 92.1 cm³/mol. The average molecular weight is 313 g/mol. The highest BCUT2D eigenvalue weighted by Crippen LogP contribution is 2.17. The Hall–Kier alpha value is -2.20. The largest absolute Gasteiger partial charge is 0.496 e. The minimum Gasteiger partial charge on any atom is -0.496 e. The van der Waals surface area contributed by atoms with E-state index in [1.165, 1.54) is 4.90 Å². The van der Waals surface area contributed by atoms with Gasteiger partial charge < -0.3 is 10.1 Å². The molecule has 0 aliphatic rings. The highest BCUT2D eigenvalue weighted by molar-refractivity contribution is 7.98. The summed E-state index contributed by atoms with van der Waals surface area (Å²) in [7, 11) is 1.62. The maximum atomic E-state index is 11.9. The first-order valence-electron chi connectivity index (χ1n) is 6.95. The van der Waals surface area contributed by atoms with Gasteiger partial charge in [-0.1, -0.05) is 30.3 Å². The second kappa shape index (κ2) is 8.29. The third-order valence-electron chi connectivity index (χ3n) is 3.19. The molecule has 0 saturated heterocycles. The number of thioether (sulfide) groups is 1. The van der Waals surface area contributed by atoms with E-state index in [9.17, 15) is 4.79 Å². The van der Waals surface area contributed by atoms with Crippen LogP contribution in [0, 0.1) is 0 Å². The van der Waals surface area contributed by atoms with Gasteiger partial charge >= 0.3 is 0 Å². The molecule has 1 N–H and O–H groups in total. The average Bonchev–Trinajstić information content (AvgIpc) is 2.58. The number of methoxy groups -OCH3 is 1. The van der Waals surface area contributed by atoms with Gasteiger partial charge in [-0.15, -0.1) is 11.8 Å². The summed E-state index contributed by atoms with van der Waals surface area (Å²) in [5, 5.41) is 2.86. The quantitative estimate of drug-likeness (QED) is 0.652. The first kappa shape index (κ1) is 16.2. The summed E-state index contributed by atoms with van der Waals surface area (Å²) in [6, 6.07) is 15.7. The molecule has 0 saturated carbocycles. The maximum Gasteiger partial charge on any atom is 0.244 e. The van der Waals surface area contributed by atoms with E-state index < -0.39 is 0 Å². The number of hydrogen-bond acceptors (Lipinski definition) is 3. The first-order chi connectivity index (χ1) is 10.7. The maximum absolute atomic E-state index is 11.9. The summed E-state index contributed by atoms with van der Waals surface area (Å²) in [5.74, 6) is 0.652. The molecule has 0 aliphatic heterocycles. The molecule has 0 atom stereocenters. The zero-order valence-corrected chi connectivity index (χ0v) is 13.5. The van der Waals surface area contributed by atoms with E-state index in [1.54, 1.807) is 24.9 Å². The number of carbonyl (C=O) groups excluding carboxylic acids is 1. The van der Waals surface area contributed by atoms with Crippen molar-refractivity contribution in [3.8, 4) is 5.75 Å². The van der Waals surface area contributed by atoms with Crippen molar-refractivity contribution in [2.24, 2.45) is 0 Å². The van der Waals surface area contributed by atoms with E-state index in [1.807, 2.05) is 60.9 Å². The van der Waals surface area contributed by atoms with Crippen molar-refractivity contribution in [2.45, 2.75) is 11.4 Å². The second-order valence-corrected chi connectivity index (χ2v) is 5.52. The molecular formula is C18H19NO2S. The lowest BCUT2D eigenvalue weighted by molar-refractivity contribution is -0.116. The molecule has 2 aromatic carbocycles. The number of nitrogens with one attached hydrogen (secondary N) is 1. The molecule has 3 nitrogen and oxygen atoms in total. The zero-order valence-electron chi connectivity index (χ0n) is 12.7. The summed E-state index contributed by atoms with van der Waals surface area (Å²) in [6.07, 6.45) is 5.39. The van der Waals surface area contributed by atoms with Crippen molar-refractivity contribution < 1.29 is 9.53 Å². The summed E-state index contributed by atoms with van der Waals surface area (Å²) in [6.45, 7) is 0.443. The molecule has 2 rings (SSSR count). The number of ether oxygens (including phenoxy) is 1. The highest BCUT2D eigenvalue weighted by Gasteiger charge is 2.02. The van der Waals surface area contributed by atoms with Crippen LogP contribution in [0.15, 0.2) is 59.5 Å². The van der Waals surface area contributed by atoms with Gasteiger partial charge in [0.15, 0.2) is 0 Å². The first-order valence-corrected chi connectivity index (χ1v) is 8.17. The van der Waals surface area contributed by atoms with Crippen LogP contribution in [-0.4, -0.2) is 19.3 Å². The molecule has 0 aliphatic carbocycles. The van der Waals surface area contributed by atoms with Crippen molar-refractivity contribution in [3.05, 3.63) is 65.7 Å². The number of rotatable bonds is 6. The van der Waals surface area contributed by atoms with Gasteiger partial charge in [0.2, 0.25) is 5.91 Å². The minimum atomic E-state index is -0.125. The van der Waals surface area contributed by atoms with E-state index in [-0.39, 0.29) is 5.91 Å². The molecule has 0 spiro atoms. The fourth-order valence-electron chi connectivity index (χ4n) is 1.98. The summed E-state index contributed by atoms with van der Waals surface area (Å²) in [4.78, 5) is 13.1. The third kappa shape index (κ3) is 4.67. The Balaban J connectivity index is 1.90.